The quantitative estimate of drug-likeness (QED) is 0.628. The van der Waals surface area contributed by atoms with Crippen LogP contribution in [0.5, 0.6) is 0 Å². The van der Waals surface area contributed by atoms with Gasteiger partial charge in [-0.25, -0.2) is 0 Å². The van der Waals surface area contributed by atoms with E-state index >= 15 is 0 Å². The number of hydrogen-bond donors (Lipinski definition) is 2. The van der Waals surface area contributed by atoms with Crippen molar-refractivity contribution >= 4 is 5.91 Å². The van der Waals surface area contributed by atoms with Crippen molar-refractivity contribution in [3.8, 4) is 0 Å². The van der Waals surface area contributed by atoms with E-state index in [0.717, 1.165) is 12.8 Å². The zero-order valence-corrected chi connectivity index (χ0v) is 8.31. The fourth-order valence-electron chi connectivity index (χ4n) is 1.24. The van der Waals surface area contributed by atoms with Gasteiger partial charge in [0.05, 0.1) is 0 Å². The van der Waals surface area contributed by atoms with Crippen molar-refractivity contribution in [3.05, 3.63) is 0 Å². The van der Waals surface area contributed by atoms with E-state index in [4.69, 9.17) is 5.73 Å². The zero-order valence-electron chi connectivity index (χ0n) is 8.31. The monoisotopic (exact) mass is 172 g/mol. The molecular formula is C9H20N2O. The summed E-state index contributed by atoms with van der Waals surface area (Å²) in [7, 11) is 0. The Hall–Kier alpha value is -0.570. The lowest BCUT2D eigenvalue weighted by atomic mass is 9.99. The molecule has 0 saturated heterocycles. The molecule has 0 bridgehead atoms. The standard InChI is InChI=1S/C9H20N2O/c1-4-6-9(2,3)11-7-5-8(10)12/h11H,4-7H2,1-3H3,(H2,10,12). The summed E-state index contributed by atoms with van der Waals surface area (Å²) in [5, 5.41) is 3.29. The van der Waals surface area contributed by atoms with Crippen molar-refractivity contribution < 1.29 is 4.79 Å². The van der Waals surface area contributed by atoms with E-state index in [1.165, 1.54) is 0 Å². The molecule has 3 nitrogen and oxygen atoms in total. The highest BCUT2D eigenvalue weighted by Gasteiger charge is 2.14. The normalized spacial score (nSPS) is 11.6. The number of hydrogen-bond acceptors (Lipinski definition) is 2. The van der Waals surface area contributed by atoms with E-state index in [9.17, 15) is 4.79 Å². The molecule has 0 aromatic rings. The molecule has 72 valence electrons. The van der Waals surface area contributed by atoms with Crippen LogP contribution in [0.4, 0.5) is 0 Å². The Bertz CT molecular complexity index is 143. The minimum atomic E-state index is -0.241. The van der Waals surface area contributed by atoms with Gasteiger partial charge < -0.3 is 11.1 Å². The highest BCUT2D eigenvalue weighted by molar-refractivity contribution is 5.73. The molecule has 0 unspecified atom stereocenters. The fourth-order valence-corrected chi connectivity index (χ4v) is 1.24. The van der Waals surface area contributed by atoms with Crippen LogP contribution in [0.25, 0.3) is 0 Å². The third-order valence-corrected chi connectivity index (χ3v) is 1.85. The van der Waals surface area contributed by atoms with E-state index in [1.807, 2.05) is 0 Å². The molecule has 0 atom stereocenters. The second-order valence-corrected chi connectivity index (χ2v) is 3.78. The predicted molar refractivity (Wildman–Crippen MR) is 50.8 cm³/mol. The molecule has 0 rings (SSSR count). The highest BCUT2D eigenvalue weighted by atomic mass is 16.1. The number of amides is 1. The van der Waals surface area contributed by atoms with Crippen molar-refractivity contribution in [3.63, 3.8) is 0 Å². The molecule has 3 heteroatoms. The predicted octanol–water partition coefficient (Wildman–Crippen LogP) is 1.03. The van der Waals surface area contributed by atoms with Gasteiger partial charge in [-0.2, -0.15) is 0 Å². The highest BCUT2D eigenvalue weighted by Crippen LogP contribution is 2.09. The Morgan fingerprint density at radius 3 is 2.50 bits per heavy atom. The molecule has 0 saturated carbocycles. The molecular weight excluding hydrogens is 152 g/mol. The summed E-state index contributed by atoms with van der Waals surface area (Å²) in [5.41, 5.74) is 5.15. The lowest BCUT2D eigenvalue weighted by Gasteiger charge is -2.25. The molecule has 0 aliphatic carbocycles. The summed E-state index contributed by atoms with van der Waals surface area (Å²) >= 11 is 0. The Morgan fingerprint density at radius 2 is 2.08 bits per heavy atom. The fraction of sp³-hybridized carbons (Fsp3) is 0.889. The van der Waals surface area contributed by atoms with Gasteiger partial charge in [0.1, 0.15) is 0 Å². The number of carbonyl (C=O) groups is 1. The van der Waals surface area contributed by atoms with Crippen LogP contribution < -0.4 is 11.1 Å². The van der Waals surface area contributed by atoms with Crippen molar-refractivity contribution in [2.24, 2.45) is 5.73 Å². The number of nitrogens with one attached hydrogen (secondary N) is 1. The van der Waals surface area contributed by atoms with Crippen LogP contribution in [0.3, 0.4) is 0 Å². The Morgan fingerprint density at radius 1 is 1.50 bits per heavy atom. The Labute approximate surface area is 74.7 Å². The third-order valence-electron chi connectivity index (χ3n) is 1.85. The molecule has 0 spiro atoms. The van der Waals surface area contributed by atoms with Gasteiger partial charge in [-0.05, 0) is 20.3 Å². The van der Waals surface area contributed by atoms with E-state index in [1.54, 1.807) is 0 Å². The summed E-state index contributed by atoms with van der Waals surface area (Å²) in [6, 6.07) is 0. The largest absolute Gasteiger partial charge is 0.370 e. The van der Waals surface area contributed by atoms with Crippen LogP contribution in [-0.4, -0.2) is 18.0 Å². The van der Waals surface area contributed by atoms with Gasteiger partial charge in [-0.15, -0.1) is 0 Å². The Balaban J connectivity index is 3.53. The maximum atomic E-state index is 10.4. The topological polar surface area (TPSA) is 55.1 Å². The van der Waals surface area contributed by atoms with E-state index in [2.05, 4.69) is 26.1 Å². The molecule has 0 heterocycles. The van der Waals surface area contributed by atoms with Gasteiger partial charge in [-0.3, -0.25) is 4.79 Å². The first-order valence-corrected chi connectivity index (χ1v) is 4.51. The van der Waals surface area contributed by atoms with E-state index < -0.39 is 0 Å². The molecule has 0 aliphatic rings. The molecule has 3 N–H and O–H groups in total. The first kappa shape index (κ1) is 11.4. The second-order valence-electron chi connectivity index (χ2n) is 3.78. The van der Waals surface area contributed by atoms with Crippen LogP contribution in [0.1, 0.15) is 40.0 Å². The third kappa shape index (κ3) is 6.16. The van der Waals surface area contributed by atoms with Crippen molar-refractivity contribution in [1.29, 1.82) is 0 Å². The summed E-state index contributed by atoms with van der Waals surface area (Å²) in [5.74, 6) is -0.241. The van der Waals surface area contributed by atoms with E-state index in [-0.39, 0.29) is 11.4 Å². The summed E-state index contributed by atoms with van der Waals surface area (Å²) in [4.78, 5) is 10.4. The van der Waals surface area contributed by atoms with Crippen LogP contribution in [-0.2, 0) is 4.79 Å². The van der Waals surface area contributed by atoms with Crippen LogP contribution in [0.2, 0.25) is 0 Å². The van der Waals surface area contributed by atoms with Crippen molar-refractivity contribution in [2.45, 2.75) is 45.6 Å². The number of nitrogens with two attached hydrogens (primary N) is 1. The van der Waals surface area contributed by atoms with Crippen LogP contribution in [0, 0.1) is 0 Å². The van der Waals surface area contributed by atoms with Gasteiger partial charge in [0.25, 0.3) is 0 Å². The molecule has 0 aromatic carbocycles. The SMILES string of the molecule is CCCC(C)(C)NCCC(N)=O. The van der Waals surface area contributed by atoms with Crippen molar-refractivity contribution in [1.82, 2.24) is 5.32 Å². The van der Waals surface area contributed by atoms with Gasteiger partial charge in [0, 0.05) is 18.5 Å². The molecule has 0 aliphatic heterocycles. The smallest absolute Gasteiger partial charge is 0.218 e. The Kier molecular flexibility index (Phi) is 4.90. The second kappa shape index (κ2) is 5.14. The average Bonchev–Trinajstić information content (AvgIpc) is 1.85. The zero-order chi connectivity index (χ0) is 9.61. The van der Waals surface area contributed by atoms with Gasteiger partial charge in [0.15, 0.2) is 0 Å². The molecule has 12 heavy (non-hydrogen) atoms. The van der Waals surface area contributed by atoms with Gasteiger partial charge in [0.2, 0.25) is 5.91 Å². The first-order valence-electron chi connectivity index (χ1n) is 4.51. The van der Waals surface area contributed by atoms with Crippen LogP contribution >= 0.6 is 0 Å². The van der Waals surface area contributed by atoms with E-state index in [0.29, 0.717) is 13.0 Å². The first-order chi connectivity index (χ1) is 5.48. The summed E-state index contributed by atoms with van der Waals surface area (Å²) < 4.78 is 0. The van der Waals surface area contributed by atoms with Crippen LogP contribution in [0.15, 0.2) is 0 Å². The number of primary amides is 1. The minimum absolute atomic E-state index is 0.129. The summed E-state index contributed by atoms with van der Waals surface area (Å²) in [6.45, 7) is 7.11. The molecule has 0 fully saturated rings. The lowest BCUT2D eigenvalue weighted by Crippen LogP contribution is -2.40. The maximum Gasteiger partial charge on any atom is 0.218 e. The maximum absolute atomic E-state index is 10.4. The van der Waals surface area contributed by atoms with Crippen molar-refractivity contribution in [2.75, 3.05) is 6.54 Å². The molecule has 0 radical (unpaired) electrons. The average molecular weight is 172 g/mol. The summed E-state index contributed by atoms with van der Waals surface area (Å²) in [6.07, 6.45) is 2.69. The number of carbonyl (C=O) groups excluding carboxylic acids is 1. The molecule has 0 aromatic heterocycles. The van der Waals surface area contributed by atoms with Gasteiger partial charge >= 0.3 is 0 Å². The van der Waals surface area contributed by atoms with Gasteiger partial charge in [-0.1, -0.05) is 13.3 Å². The lowest BCUT2D eigenvalue weighted by molar-refractivity contribution is -0.117. The molecule has 1 amide bonds. The minimum Gasteiger partial charge on any atom is -0.370 e. The number of rotatable bonds is 6.